The molecule has 1 aromatic heterocycles. The maximum atomic E-state index is 12.2. The van der Waals surface area contributed by atoms with Crippen LogP contribution in [-0.4, -0.2) is 37.6 Å². The molecule has 30 heavy (non-hydrogen) atoms. The molecule has 0 saturated heterocycles. The molecule has 1 amide bonds. The van der Waals surface area contributed by atoms with Crippen LogP contribution in [0.1, 0.15) is 22.1 Å². The molecule has 3 aromatic rings. The largest absolute Gasteiger partial charge is 0.496 e. The quantitative estimate of drug-likeness (QED) is 0.624. The van der Waals surface area contributed by atoms with Gasteiger partial charge >= 0.3 is 0 Å². The molecule has 0 bridgehead atoms. The Bertz CT molecular complexity index is 974. The minimum atomic E-state index is -0.147. The van der Waals surface area contributed by atoms with Gasteiger partial charge in [-0.25, -0.2) is 0 Å². The number of carbonyl (C=O) groups excluding carboxylic acids is 1. The standard InChI is InChI=1S/C24H26N2O3S/c1-28-22-11-5-3-9-20(22)23-17-26(16-18-7-2-4-10-21(18)29-23)13-12-25-24(27)15-19-8-6-14-30-19/h2-11,14,23H,12-13,15-17H2,1H3,(H,25,27). The van der Waals surface area contributed by atoms with Crippen LogP contribution in [0, 0.1) is 0 Å². The second-order valence-electron chi connectivity index (χ2n) is 7.30. The maximum Gasteiger partial charge on any atom is 0.225 e. The normalized spacial score (nSPS) is 16.2. The summed E-state index contributed by atoms with van der Waals surface area (Å²) in [5.41, 5.74) is 2.18. The lowest BCUT2D eigenvalue weighted by Crippen LogP contribution is -2.37. The molecule has 0 saturated carbocycles. The number of hydrogen-bond donors (Lipinski definition) is 1. The van der Waals surface area contributed by atoms with Crippen molar-refractivity contribution in [2.45, 2.75) is 19.1 Å². The Morgan fingerprint density at radius 1 is 1.17 bits per heavy atom. The molecule has 5 nitrogen and oxygen atoms in total. The summed E-state index contributed by atoms with van der Waals surface area (Å²) in [6, 6.07) is 20.1. The van der Waals surface area contributed by atoms with E-state index >= 15 is 0 Å². The van der Waals surface area contributed by atoms with Crippen LogP contribution in [0.3, 0.4) is 0 Å². The molecule has 1 aliphatic heterocycles. The smallest absolute Gasteiger partial charge is 0.225 e. The highest BCUT2D eigenvalue weighted by molar-refractivity contribution is 7.10. The van der Waals surface area contributed by atoms with Crippen molar-refractivity contribution >= 4 is 17.2 Å². The first-order valence-corrected chi connectivity index (χ1v) is 11.0. The summed E-state index contributed by atoms with van der Waals surface area (Å²) in [4.78, 5) is 15.6. The molecule has 6 heteroatoms. The summed E-state index contributed by atoms with van der Waals surface area (Å²) in [6.07, 6.45) is 0.291. The number of thiophene rings is 1. The number of ether oxygens (including phenoxy) is 2. The number of benzene rings is 2. The first-order chi connectivity index (χ1) is 14.7. The van der Waals surface area contributed by atoms with Gasteiger partial charge < -0.3 is 14.8 Å². The predicted octanol–water partition coefficient (Wildman–Crippen LogP) is 4.05. The zero-order chi connectivity index (χ0) is 20.8. The number of amides is 1. The molecule has 0 aliphatic carbocycles. The van der Waals surface area contributed by atoms with E-state index in [1.54, 1.807) is 18.4 Å². The molecule has 2 aromatic carbocycles. The van der Waals surface area contributed by atoms with E-state index in [-0.39, 0.29) is 12.0 Å². The number of fused-ring (bicyclic) bond motifs is 1. The molecule has 0 fully saturated rings. The van der Waals surface area contributed by atoms with Crippen LogP contribution >= 0.6 is 11.3 Å². The third-order valence-corrected chi connectivity index (χ3v) is 6.09. The SMILES string of the molecule is COc1ccccc1C1CN(CCNC(=O)Cc2cccs2)Cc2ccccc2O1. The van der Waals surface area contributed by atoms with Crippen LogP contribution in [0.2, 0.25) is 0 Å². The second-order valence-corrected chi connectivity index (χ2v) is 8.33. The molecule has 1 N–H and O–H groups in total. The summed E-state index contributed by atoms with van der Waals surface area (Å²) < 4.78 is 12.0. The van der Waals surface area contributed by atoms with Crippen molar-refractivity contribution < 1.29 is 14.3 Å². The summed E-state index contributed by atoms with van der Waals surface area (Å²) in [5.74, 6) is 1.79. The van der Waals surface area contributed by atoms with Gasteiger partial charge in [0.2, 0.25) is 5.91 Å². The average molecular weight is 423 g/mol. The number of hydrogen-bond acceptors (Lipinski definition) is 5. The molecular formula is C24H26N2O3S. The Kier molecular flexibility index (Phi) is 6.67. The lowest BCUT2D eigenvalue weighted by Gasteiger charge is -2.25. The predicted molar refractivity (Wildman–Crippen MR) is 119 cm³/mol. The molecular weight excluding hydrogens is 396 g/mol. The molecule has 2 heterocycles. The monoisotopic (exact) mass is 422 g/mol. The van der Waals surface area contributed by atoms with Crippen LogP contribution < -0.4 is 14.8 Å². The van der Waals surface area contributed by atoms with Crippen LogP contribution in [0.15, 0.2) is 66.0 Å². The third kappa shape index (κ3) is 5.01. The van der Waals surface area contributed by atoms with Gasteiger partial charge in [0.1, 0.15) is 17.6 Å². The van der Waals surface area contributed by atoms with Crippen LogP contribution in [0.4, 0.5) is 0 Å². The van der Waals surface area contributed by atoms with Crippen molar-refractivity contribution in [1.29, 1.82) is 0 Å². The fourth-order valence-electron chi connectivity index (χ4n) is 3.73. The van der Waals surface area contributed by atoms with E-state index in [2.05, 4.69) is 22.3 Å². The average Bonchev–Trinajstić information content (AvgIpc) is 3.19. The summed E-state index contributed by atoms with van der Waals surface area (Å²) in [7, 11) is 1.68. The summed E-state index contributed by atoms with van der Waals surface area (Å²) in [5, 5.41) is 5.05. The van der Waals surface area contributed by atoms with Crippen molar-refractivity contribution in [2.75, 3.05) is 26.7 Å². The second kappa shape index (κ2) is 9.78. The molecule has 1 unspecified atom stereocenters. The van der Waals surface area contributed by atoms with Crippen molar-refractivity contribution in [3.05, 3.63) is 82.0 Å². The Labute approximate surface area is 181 Å². The minimum Gasteiger partial charge on any atom is -0.496 e. The zero-order valence-corrected chi connectivity index (χ0v) is 17.9. The van der Waals surface area contributed by atoms with Gasteiger partial charge in [-0.2, -0.15) is 0 Å². The van der Waals surface area contributed by atoms with Crippen LogP contribution in [0.5, 0.6) is 11.5 Å². The van der Waals surface area contributed by atoms with E-state index in [4.69, 9.17) is 9.47 Å². The summed E-state index contributed by atoms with van der Waals surface area (Å²) in [6.45, 7) is 2.85. The van der Waals surface area contributed by atoms with Gasteiger partial charge in [-0.3, -0.25) is 9.69 Å². The van der Waals surface area contributed by atoms with E-state index < -0.39 is 0 Å². The van der Waals surface area contributed by atoms with E-state index in [0.717, 1.165) is 47.1 Å². The highest BCUT2D eigenvalue weighted by Gasteiger charge is 2.26. The number of nitrogens with zero attached hydrogens (tertiary/aromatic N) is 1. The highest BCUT2D eigenvalue weighted by atomic mass is 32.1. The third-order valence-electron chi connectivity index (χ3n) is 5.21. The van der Waals surface area contributed by atoms with E-state index in [9.17, 15) is 4.79 Å². The molecule has 4 rings (SSSR count). The first-order valence-electron chi connectivity index (χ1n) is 10.1. The van der Waals surface area contributed by atoms with Gasteiger partial charge in [-0.15, -0.1) is 11.3 Å². The number of methoxy groups -OCH3 is 1. The van der Waals surface area contributed by atoms with Gasteiger partial charge in [-0.1, -0.05) is 42.5 Å². The number of para-hydroxylation sites is 2. The van der Waals surface area contributed by atoms with Gasteiger partial charge in [0.05, 0.1) is 13.5 Å². The van der Waals surface area contributed by atoms with E-state index in [1.807, 2.05) is 53.9 Å². The van der Waals surface area contributed by atoms with Crippen molar-refractivity contribution in [3.8, 4) is 11.5 Å². The fourth-order valence-corrected chi connectivity index (χ4v) is 4.44. The molecule has 1 aliphatic rings. The highest BCUT2D eigenvalue weighted by Crippen LogP contribution is 2.34. The molecule has 0 radical (unpaired) electrons. The van der Waals surface area contributed by atoms with Gasteiger partial charge in [0.25, 0.3) is 0 Å². The lowest BCUT2D eigenvalue weighted by atomic mass is 10.1. The van der Waals surface area contributed by atoms with Gasteiger partial charge in [-0.05, 0) is 23.6 Å². The Hall–Kier alpha value is -2.83. The molecule has 1 atom stereocenters. The molecule has 0 spiro atoms. The maximum absolute atomic E-state index is 12.2. The lowest BCUT2D eigenvalue weighted by molar-refractivity contribution is -0.120. The number of rotatable bonds is 7. The fraction of sp³-hybridized carbons (Fsp3) is 0.292. The zero-order valence-electron chi connectivity index (χ0n) is 17.0. The van der Waals surface area contributed by atoms with E-state index in [1.165, 1.54) is 0 Å². The Morgan fingerprint density at radius 3 is 2.83 bits per heavy atom. The van der Waals surface area contributed by atoms with Crippen LogP contribution in [-0.2, 0) is 17.8 Å². The summed E-state index contributed by atoms with van der Waals surface area (Å²) >= 11 is 1.61. The number of carbonyl (C=O) groups is 1. The Balaban J connectivity index is 1.45. The van der Waals surface area contributed by atoms with Gasteiger partial charge in [0, 0.05) is 42.2 Å². The van der Waals surface area contributed by atoms with Crippen molar-refractivity contribution in [2.24, 2.45) is 0 Å². The van der Waals surface area contributed by atoms with E-state index in [0.29, 0.717) is 13.0 Å². The minimum absolute atomic E-state index is 0.0604. The molecule has 156 valence electrons. The van der Waals surface area contributed by atoms with Crippen molar-refractivity contribution in [1.82, 2.24) is 10.2 Å². The number of nitrogens with one attached hydrogen (secondary N) is 1. The van der Waals surface area contributed by atoms with Gasteiger partial charge in [0.15, 0.2) is 0 Å². The van der Waals surface area contributed by atoms with Crippen molar-refractivity contribution in [3.63, 3.8) is 0 Å². The first kappa shape index (κ1) is 20.4. The van der Waals surface area contributed by atoms with Crippen LogP contribution in [0.25, 0.3) is 0 Å². The Morgan fingerprint density at radius 2 is 2.00 bits per heavy atom. The topological polar surface area (TPSA) is 50.8 Å².